The van der Waals surface area contributed by atoms with E-state index in [-0.39, 0.29) is 12.0 Å². The Balaban J connectivity index is 1.77. The highest BCUT2D eigenvalue weighted by Gasteiger charge is 2.45. The lowest BCUT2D eigenvalue weighted by Gasteiger charge is -2.38. The Morgan fingerprint density at radius 1 is 1.09 bits per heavy atom. The van der Waals surface area contributed by atoms with E-state index in [1.165, 1.54) is 7.11 Å². The molecule has 6 nitrogen and oxygen atoms in total. The molecule has 1 N–H and O–H groups in total. The molecule has 2 aliphatic heterocycles. The second-order valence-electron chi connectivity index (χ2n) is 7.28. The minimum absolute atomic E-state index is 0.0546. The zero-order valence-electron chi connectivity index (χ0n) is 14.0. The predicted octanol–water partition coefficient (Wildman–Crippen LogP) is 1.26. The molecule has 2 bridgehead atoms. The molecule has 0 aromatic carbocycles. The number of sulfonamides is 1. The number of rotatable bonds is 4. The number of piperidine rings is 1. The van der Waals surface area contributed by atoms with Crippen LogP contribution in [0.3, 0.4) is 0 Å². The Kier molecular flexibility index (Phi) is 4.99. The Bertz CT molecular complexity index is 538. The topological polar surface area (TPSA) is 75.7 Å². The third kappa shape index (κ3) is 3.28. The molecule has 3 fully saturated rings. The van der Waals surface area contributed by atoms with E-state index in [0.717, 1.165) is 38.5 Å². The van der Waals surface area contributed by atoms with E-state index in [9.17, 15) is 13.2 Å². The fraction of sp³-hybridized carbons (Fsp3) is 0.938. The number of methoxy groups -OCH3 is 1. The van der Waals surface area contributed by atoms with Gasteiger partial charge in [-0.15, -0.1) is 0 Å². The first-order valence-electron chi connectivity index (χ1n) is 8.74. The van der Waals surface area contributed by atoms with Crippen LogP contribution < -0.4 is 5.32 Å². The van der Waals surface area contributed by atoms with Gasteiger partial charge in [0.05, 0.1) is 18.3 Å². The number of nitrogens with zero attached hydrogens (tertiary/aromatic N) is 1. The normalized spacial score (nSPS) is 37.8. The van der Waals surface area contributed by atoms with Gasteiger partial charge in [-0.1, -0.05) is 12.8 Å². The van der Waals surface area contributed by atoms with Gasteiger partial charge in [-0.05, 0) is 38.5 Å². The van der Waals surface area contributed by atoms with Gasteiger partial charge >= 0.3 is 5.97 Å². The van der Waals surface area contributed by atoms with E-state index in [0.29, 0.717) is 24.9 Å². The van der Waals surface area contributed by atoms with Crippen LogP contribution in [0.1, 0.15) is 51.4 Å². The van der Waals surface area contributed by atoms with Crippen LogP contribution in [0, 0.1) is 5.92 Å². The zero-order chi connectivity index (χ0) is 16.6. The van der Waals surface area contributed by atoms with Gasteiger partial charge in [0.2, 0.25) is 10.0 Å². The maximum absolute atomic E-state index is 13.1. The molecule has 0 aromatic rings. The molecule has 0 spiro atoms. The number of carbonyl (C=O) groups is 1. The van der Waals surface area contributed by atoms with Crippen LogP contribution in [-0.4, -0.2) is 56.2 Å². The third-order valence-electron chi connectivity index (χ3n) is 5.95. The standard InChI is InChI=1S/C16H28N2O4S/c1-18(13-9-11-7-8-12(10-13)17-11)23(20,21)15-6-4-3-5-14(15)16(19)22-2/h11-15,17H,3-10H2,1-2H3. The van der Waals surface area contributed by atoms with Crippen LogP contribution in [0.4, 0.5) is 0 Å². The summed E-state index contributed by atoms with van der Waals surface area (Å²) in [6.07, 6.45) is 6.97. The van der Waals surface area contributed by atoms with Crippen LogP contribution in [0.2, 0.25) is 0 Å². The first-order valence-corrected chi connectivity index (χ1v) is 10.2. The van der Waals surface area contributed by atoms with Crippen molar-refractivity contribution in [1.82, 2.24) is 9.62 Å². The average molecular weight is 344 g/mol. The number of fused-ring (bicyclic) bond motifs is 2. The molecule has 3 aliphatic rings. The first kappa shape index (κ1) is 17.2. The summed E-state index contributed by atoms with van der Waals surface area (Å²) in [4.78, 5) is 12.0. The molecule has 7 heteroatoms. The molecule has 0 amide bonds. The Hall–Kier alpha value is -0.660. The summed E-state index contributed by atoms with van der Waals surface area (Å²) in [5.74, 6) is -0.892. The van der Waals surface area contributed by atoms with Crippen molar-refractivity contribution in [2.45, 2.75) is 74.7 Å². The molecule has 4 unspecified atom stereocenters. The number of esters is 1. The molecule has 3 rings (SSSR count). The van der Waals surface area contributed by atoms with E-state index in [1.807, 2.05) is 0 Å². The first-order chi connectivity index (χ1) is 10.9. The number of nitrogens with one attached hydrogen (secondary N) is 1. The molecule has 2 heterocycles. The summed E-state index contributed by atoms with van der Waals surface area (Å²) >= 11 is 0. The fourth-order valence-corrected chi connectivity index (χ4v) is 6.76. The van der Waals surface area contributed by atoms with Crippen molar-refractivity contribution in [1.29, 1.82) is 0 Å². The minimum Gasteiger partial charge on any atom is -0.469 e. The zero-order valence-corrected chi connectivity index (χ0v) is 14.8. The van der Waals surface area contributed by atoms with Gasteiger partial charge in [0.1, 0.15) is 0 Å². The Morgan fingerprint density at radius 2 is 1.70 bits per heavy atom. The number of hydrogen-bond donors (Lipinski definition) is 1. The Morgan fingerprint density at radius 3 is 2.30 bits per heavy atom. The summed E-state index contributed by atoms with van der Waals surface area (Å²) in [7, 11) is -0.436. The summed E-state index contributed by atoms with van der Waals surface area (Å²) < 4.78 is 32.7. The SMILES string of the molecule is COC(=O)C1CCCCC1S(=O)(=O)N(C)C1CC2CCC(C1)N2. The van der Waals surface area contributed by atoms with E-state index < -0.39 is 21.2 Å². The van der Waals surface area contributed by atoms with E-state index in [4.69, 9.17) is 4.74 Å². The van der Waals surface area contributed by atoms with Crippen LogP contribution in [-0.2, 0) is 19.6 Å². The quantitative estimate of drug-likeness (QED) is 0.777. The van der Waals surface area contributed by atoms with E-state index in [1.54, 1.807) is 11.4 Å². The van der Waals surface area contributed by atoms with Gasteiger partial charge in [0.15, 0.2) is 0 Å². The molecule has 1 aliphatic carbocycles. The van der Waals surface area contributed by atoms with Gasteiger partial charge < -0.3 is 10.1 Å². The second-order valence-corrected chi connectivity index (χ2v) is 9.49. The molecule has 132 valence electrons. The van der Waals surface area contributed by atoms with Crippen LogP contribution in [0.5, 0.6) is 0 Å². The summed E-state index contributed by atoms with van der Waals surface area (Å²) in [5, 5.41) is 2.92. The van der Waals surface area contributed by atoms with Crippen molar-refractivity contribution in [2.24, 2.45) is 5.92 Å². The highest BCUT2D eigenvalue weighted by molar-refractivity contribution is 7.89. The van der Waals surface area contributed by atoms with Crippen molar-refractivity contribution in [3.05, 3.63) is 0 Å². The van der Waals surface area contributed by atoms with Crippen molar-refractivity contribution in [2.75, 3.05) is 14.2 Å². The number of carbonyl (C=O) groups excluding carboxylic acids is 1. The molecule has 0 radical (unpaired) electrons. The summed E-state index contributed by atoms with van der Waals surface area (Å²) in [6, 6.07) is 0.942. The van der Waals surface area contributed by atoms with Gasteiger partial charge in [-0.2, -0.15) is 0 Å². The smallest absolute Gasteiger partial charge is 0.310 e. The second kappa shape index (κ2) is 6.69. The third-order valence-corrected chi connectivity index (χ3v) is 8.38. The lowest BCUT2D eigenvalue weighted by Crippen LogP contribution is -2.52. The molecule has 2 saturated heterocycles. The van der Waals surface area contributed by atoms with Crippen LogP contribution >= 0.6 is 0 Å². The molecule has 4 atom stereocenters. The predicted molar refractivity (Wildman–Crippen MR) is 87.4 cm³/mol. The van der Waals surface area contributed by atoms with Crippen molar-refractivity contribution in [3.63, 3.8) is 0 Å². The molecular formula is C16H28N2O4S. The maximum Gasteiger partial charge on any atom is 0.310 e. The maximum atomic E-state index is 13.1. The largest absolute Gasteiger partial charge is 0.469 e. The fourth-order valence-electron chi connectivity index (χ4n) is 4.62. The van der Waals surface area contributed by atoms with Crippen molar-refractivity contribution < 1.29 is 17.9 Å². The van der Waals surface area contributed by atoms with Gasteiger partial charge in [0, 0.05) is 25.2 Å². The molecular weight excluding hydrogens is 316 g/mol. The molecule has 0 aromatic heterocycles. The summed E-state index contributed by atoms with van der Waals surface area (Å²) in [5.41, 5.74) is 0. The van der Waals surface area contributed by atoms with E-state index >= 15 is 0 Å². The van der Waals surface area contributed by atoms with Gasteiger partial charge in [0.25, 0.3) is 0 Å². The van der Waals surface area contributed by atoms with Crippen molar-refractivity contribution >= 4 is 16.0 Å². The van der Waals surface area contributed by atoms with Gasteiger partial charge in [-0.3, -0.25) is 4.79 Å². The molecule has 1 saturated carbocycles. The average Bonchev–Trinajstić information content (AvgIpc) is 2.91. The highest BCUT2D eigenvalue weighted by atomic mass is 32.2. The lowest BCUT2D eigenvalue weighted by molar-refractivity contribution is -0.146. The van der Waals surface area contributed by atoms with E-state index in [2.05, 4.69) is 5.32 Å². The van der Waals surface area contributed by atoms with Crippen molar-refractivity contribution in [3.8, 4) is 0 Å². The van der Waals surface area contributed by atoms with Crippen LogP contribution in [0.25, 0.3) is 0 Å². The molecule has 23 heavy (non-hydrogen) atoms. The number of hydrogen-bond acceptors (Lipinski definition) is 5. The Labute approximate surface area is 139 Å². The number of ether oxygens (including phenoxy) is 1. The monoisotopic (exact) mass is 344 g/mol. The highest BCUT2D eigenvalue weighted by Crippen LogP contribution is 2.35. The summed E-state index contributed by atoms with van der Waals surface area (Å²) in [6.45, 7) is 0. The lowest BCUT2D eigenvalue weighted by atomic mass is 9.89. The minimum atomic E-state index is -3.48. The van der Waals surface area contributed by atoms with Gasteiger partial charge in [-0.25, -0.2) is 12.7 Å². The van der Waals surface area contributed by atoms with Crippen LogP contribution in [0.15, 0.2) is 0 Å².